The van der Waals surface area contributed by atoms with Crippen molar-refractivity contribution < 1.29 is 22.7 Å². The van der Waals surface area contributed by atoms with Crippen molar-refractivity contribution in [2.45, 2.75) is 82.3 Å². The number of rotatable bonds is 6. The molecule has 184 valence electrons. The average molecular weight is 480 g/mol. The molecule has 0 aliphatic carbocycles. The summed E-state index contributed by atoms with van der Waals surface area (Å²) in [5.41, 5.74) is 0.204. The Balaban J connectivity index is 1.57. The molecule has 0 saturated carbocycles. The van der Waals surface area contributed by atoms with Gasteiger partial charge in [0.1, 0.15) is 0 Å². The molecule has 9 heteroatoms. The molecule has 1 aromatic rings. The highest BCUT2D eigenvalue weighted by molar-refractivity contribution is 7.89. The van der Waals surface area contributed by atoms with E-state index in [9.17, 15) is 18.0 Å². The summed E-state index contributed by atoms with van der Waals surface area (Å²) in [4.78, 5) is 24.9. The van der Waals surface area contributed by atoms with Gasteiger partial charge in [-0.3, -0.25) is 4.79 Å². The molecular weight excluding hydrogens is 442 g/mol. The van der Waals surface area contributed by atoms with Crippen LogP contribution in [0.1, 0.15) is 70.7 Å². The van der Waals surface area contributed by atoms with Gasteiger partial charge in [-0.2, -0.15) is 4.31 Å². The minimum Gasteiger partial charge on any atom is -0.462 e. The summed E-state index contributed by atoms with van der Waals surface area (Å²) < 4.78 is 32.4. The Morgan fingerprint density at radius 2 is 1.61 bits per heavy atom. The van der Waals surface area contributed by atoms with Gasteiger partial charge in [-0.15, -0.1) is 0 Å². The number of ether oxygens (including phenoxy) is 1. The molecule has 0 atom stereocenters. The monoisotopic (exact) mass is 479 g/mol. The normalized spacial score (nSPS) is 22.0. The summed E-state index contributed by atoms with van der Waals surface area (Å²) in [6.07, 6.45) is 2.70. The van der Waals surface area contributed by atoms with E-state index in [1.807, 2.05) is 0 Å². The van der Waals surface area contributed by atoms with Gasteiger partial charge in [0.05, 0.1) is 17.1 Å². The number of hydrogen-bond donors (Lipinski definition) is 2. The first-order chi connectivity index (χ1) is 15.3. The third kappa shape index (κ3) is 6.33. The van der Waals surface area contributed by atoms with Crippen molar-refractivity contribution in [1.82, 2.24) is 14.9 Å². The quantitative estimate of drug-likeness (QED) is 0.608. The molecule has 0 radical (unpaired) electrons. The van der Waals surface area contributed by atoms with E-state index in [1.54, 1.807) is 6.92 Å². The minimum absolute atomic E-state index is 0.0179. The van der Waals surface area contributed by atoms with Crippen molar-refractivity contribution in [2.75, 3.05) is 19.7 Å². The Bertz CT molecular complexity index is 948. The van der Waals surface area contributed by atoms with Gasteiger partial charge in [0.2, 0.25) is 15.9 Å². The smallest absolute Gasteiger partial charge is 0.338 e. The van der Waals surface area contributed by atoms with Crippen LogP contribution in [0.15, 0.2) is 29.2 Å². The molecule has 8 nitrogen and oxygen atoms in total. The van der Waals surface area contributed by atoms with Gasteiger partial charge in [-0.05, 0) is 84.6 Å². The molecule has 2 aliphatic heterocycles. The molecular formula is C24H37N3O5S. The third-order valence-corrected chi connectivity index (χ3v) is 8.28. The number of hydrogen-bond acceptors (Lipinski definition) is 6. The molecule has 0 aromatic heterocycles. The van der Waals surface area contributed by atoms with Gasteiger partial charge in [0.25, 0.3) is 0 Å². The van der Waals surface area contributed by atoms with Crippen molar-refractivity contribution in [3.8, 4) is 0 Å². The van der Waals surface area contributed by atoms with Gasteiger partial charge in [-0.25, -0.2) is 13.2 Å². The molecule has 0 bridgehead atoms. The first kappa shape index (κ1) is 25.6. The number of piperidine rings is 2. The van der Waals surface area contributed by atoms with Crippen molar-refractivity contribution in [3.63, 3.8) is 0 Å². The van der Waals surface area contributed by atoms with Crippen molar-refractivity contribution in [2.24, 2.45) is 5.92 Å². The molecule has 0 spiro atoms. The van der Waals surface area contributed by atoms with Crippen LogP contribution in [0.5, 0.6) is 0 Å². The Labute approximate surface area is 197 Å². The molecule has 2 aliphatic rings. The van der Waals surface area contributed by atoms with Crippen molar-refractivity contribution >= 4 is 21.9 Å². The molecule has 33 heavy (non-hydrogen) atoms. The van der Waals surface area contributed by atoms with Crippen LogP contribution in [0.2, 0.25) is 0 Å². The van der Waals surface area contributed by atoms with Crippen LogP contribution in [0.25, 0.3) is 0 Å². The second-order valence-corrected chi connectivity index (χ2v) is 12.4. The highest BCUT2D eigenvalue weighted by atomic mass is 32.2. The van der Waals surface area contributed by atoms with Crippen molar-refractivity contribution in [1.29, 1.82) is 0 Å². The summed E-state index contributed by atoms with van der Waals surface area (Å²) in [6.45, 7) is 11.2. The maximum absolute atomic E-state index is 13.0. The number of nitrogens with zero attached hydrogens (tertiary/aromatic N) is 1. The highest BCUT2D eigenvalue weighted by Gasteiger charge is 2.39. The van der Waals surface area contributed by atoms with E-state index >= 15 is 0 Å². The van der Waals surface area contributed by atoms with Crippen LogP contribution in [0, 0.1) is 5.92 Å². The lowest BCUT2D eigenvalue weighted by Gasteiger charge is -2.47. The molecule has 1 amide bonds. The zero-order chi connectivity index (χ0) is 24.4. The fourth-order valence-electron chi connectivity index (χ4n) is 5.23. The first-order valence-electron chi connectivity index (χ1n) is 11.7. The van der Waals surface area contributed by atoms with Crippen molar-refractivity contribution in [3.05, 3.63) is 29.8 Å². The zero-order valence-electron chi connectivity index (χ0n) is 20.3. The summed E-state index contributed by atoms with van der Waals surface area (Å²) in [7, 11) is -3.68. The fraction of sp³-hybridized carbons (Fsp3) is 0.667. The third-order valence-electron chi connectivity index (χ3n) is 6.36. The fourth-order valence-corrected chi connectivity index (χ4v) is 6.70. The second kappa shape index (κ2) is 9.72. The molecule has 0 unspecified atom stereocenters. The molecule has 2 heterocycles. The van der Waals surface area contributed by atoms with Crippen LogP contribution >= 0.6 is 0 Å². The highest BCUT2D eigenvalue weighted by Crippen LogP contribution is 2.30. The van der Waals surface area contributed by atoms with E-state index in [0.717, 1.165) is 12.8 Å². The number of sulfonamides is 1. The minimum atomic E-state index is -3.68. The Kier molecular flexibility index (Phi) is 7.55. The van der Waals surface area contributed by atoms with Gasteiger partial charge < -0.3 is 15.4 Å². The molecule has 2 fully saturated rings. The van der Waals surface area contributed by atoms with E-state index in [2.05, 4.69) is 38.3 Å². The lowest BCUT2D eigenvalue weighted by molar-refractivity contribution is -0.127. The van der Waals surface area contributed by atoms with Gasteiger partial charge >= 0.3 is 5.97 Å². The Hall–Kier alpha value is -1.97. The maximum Gasteiger partial charge on any atom is 0.338 e. The van der Waals surface area contributed by atoms with Crippen LogP contribution in [0.4, 0.5) is 0 Å². The summed E-state index contributed by atoms with van der Waals surface area (Å²) in [5, 5.41) is 6.84. The summed E-state index contributed by atoms with van der Waals surface area (Å²) in [6, 6.07) is 5.89. The van der Waals surface area contributed by atoms with E-state index < -0.39 is 16.0 Å². The number of carbonyl (C=O) groups excluding carboxylic acids is 2. The molecule has 2 N–H and O–H groups in total. The molecule has 2 saturated heterocycles. The van der Waals surface area contributed by atoms with Gasteiger partial charge in [0, 0.05) is 36.1 Å². The van der Waals surface area contributed by atoms with E-state index in [0.29, 0.717) is 31.5 Å². The standard InChI is InChI=1S/C24H37N3O5S/c1-6-32-22(29)18-7-9-20(10-8-18)33(30,31)27-13-11-17(12-14-27)21(28)25-19-15-23(2,3)26-24(4,5)16-19/h7-10,17,19,26H,6,11-16H2,1-5H3,(H,25,28). The van der Waals surface area contributed by atoms with Crippen LogP contribution in [0.3, 0.4) is 0 Å². The van der Waals surface area contributed by atoms with Gasteiger partial charge in [-0.1, -0.05) is 0 Å². The second-order valence-electron chi connectivity index (χ2n) is 10.4. The SMILES string of the molecule is CCOC(=O)c1ccc(S(=O)(=O)N2CCC(C(=O)NC3CC(C)(C)NC(C)(C)C3)CC2)cc1. The number of esters is 1. The zero-order valence-corrected chi connectivity index (χ0v) is 21.1. The number of amides is 1. The van der Waals surface area contributed by atoms with Gasteiger partial charge in [0.15, 0.2) is 0 Å². The average Bonchev–Trinajstić information content (AvgIpc) is 2.71. The predicted molar refractivity (Wildman–Crippen MR) is 126 cm³/mol. The molecule has 3 rings (SSSR count). The molecule has 1 aromatic carbocycles. The van der Waals surface area contributed by atoms with E-state index in [1.165, 1.54) is 28.6 Å². The lowest BCUT2D eigenvalue weighted by atomic mass is 9.79. The maximum atomic E-state index is 13.0. The van der Waals surface area contributed by atoms with E-state index in [4.69, 9.17) is 4.74 Å². The summed E-state index contributed by atoms with van der Waals surface area (Å²) in [5.74, 6) is -0.651. The predicted octanol–water partition coefficient (Wildman–Crippen LogP) is 2.69. The summed E-state index contributed by atoms with van der Waals surface area (Å²) >= 11 is 0. The topological polar surface area (TPSA) is 105 Å². The van der Waals surface area contributed by atoms with E-state index in [-0.39, 0.29) is 40.4 Å². The first-order valence-corrected chi connectivity index (χ1v) is 13.1. The van der Waals surface area contributed by atoms with Crippen LogP contribution in [-0.2, 0) is 19.6 Å². The van der Waals surface area contributed by atoms with Crippen LogP contribution in [-0.4, -0.2) is 61.4 Å². The lowest BCUT2D eigenvalue weighted by Crippen LogP contribution is -2.62. The van der Waals surface area contributed by atoms with Crippen LogP contribution < -0.4 is 10.6 Å². The Morgan fingerprint density at radius 3 is 2.12 bits per heavy atom. The number of nitrogens with one attached hydrogen (secondary N) is 2. The largest absolute Gasteiger partial charge is 0.462 e. The number of carbonyl (C=O) groups is 2. The Morgan fingerprint density at radius 1 is 1.06 bits per heavy atom. The number of benzene rings is 1.